The summed E-state index contributed by atoms with van der Waals surface area (Å²) in [4.78, 5) is 29.3. The van der Waals surface area contributed by atoms with Gasteiger partial charge in [0.15, 0.2) is 0 Å². The molecule has 134 valence electrons. The number of hydrogen-bond donors (Lipinski definition) is 2. The van der Waals surface area contributed by atoms with Gasteiger partial charge in [-0.05, 0) is 31.4 Å². The van der Waals surface area contributed by atoms with Gasteiger partial charge in [-0.3, -0.25) is 9.59 Å². The lowest BCUT2D eigenvalue weighted by molar-refractivity contribution is -0.138. The minimum absolute atomic E-state index is 0.0114. The molecule has 1 aliphatic rings. The van der Waals surface area contributed by atoms with Gasteiger partial charge in [-0.25, -0.2) is 4.98 Å². The van der Waals surface area contributed by atoms with E-state index >= 15 is 0 Å². The highest BCUT2D eigenvalue weighted by Crippen LogP contribution is 2.38. The molecular formula is C18H24N4O3. The van der Waals surface area contributed by atoms with Crippen molar-refractivity contribution in [2.45, 2.75) is 44.2 Å². The summed E-state index contributed by atoms with van der Waals surface area (Å²) in [6, 6.07) is 7.88. The summed E-state index contributed by atoms with van der Waals surface area (Å²) in [6.07, 6.45) is 2.75. The zero-order valence-electron chi connectivity index (χ0n) is 14.6. The van der Waals surface area contributed by atoms with E-state index in [1.165, 1.54) is 0 Å². The summed E-state index contributed by atoms with van der Waals surface area (Å²) in [5.41, 5.74) is 1.35. The predicted molar refractivity (Wildman–Crippen MR) is 95.6 cm³/mol. The molecule has 2 unspecified atom stereocenters. The number of piperidine rings is 1. The number of anilines is 1. The number of fused-ring (bicyclic) bond motifs is 1. The average molecular weight is 344 g/mol. The van der Waals surface area contributed by atoms with E-state index < -0.39 is 11.5 Å². The van der Waals surface area contributed by atoms with E-state index in [-0.39, 0.29) is 12.5 Å². The number of nitrogens with zero attached hydrogens (tertiary/aromatic N) is 3. The highest BCUT2D eigenvalue weighted by atomic mass is 16.4. The number of aliphatic carboxylic acids is 1. The molecule has 2 aromatic rings. The number of imidazole rings is 1. The molecule has 2 atom stereocenters. The van der Waals surface area contributed by atoms with Gasteiger partial charge in [0, 0.05) is 19.6 Å². The quantitative estimate of drug-likeness (QED) is 0.782. The van der Waals surface area contributed by atoms with Gasteiger partial charge in [0.2, 0.25) is 12.4 Å². The molecule has 1 aromatic carbocycles. The fraction of sp³-hybridized carbons (Fsp3) is 0.500. The second kappa shape index (κ2) is 6.74. The molecule has 0 radical (unpaired) electrons. The zero-order valence-corrected chi connectivity index (χ0v) is 14.6. The van der Waals surface area contributed by atoms with Gasteiger partial charge >= 0.3 is 5.97 Å². The molecule has 1 amide bonds. The SMILES string of the molecule is CCC1(CC(=O)O)CC(NC=O)CCN1c1nc2ccccc2n1C. The van der Waals surface area contributed by atoms with Gasteiger partial charge in [-0.1, -0.05) is 19.1 Å². The maximum atomic E-state index is 11.6. The van der Waals surface area contributed by atoms with Crippen molar-refractivity contribution >= 4 is 29.4 Å². The van der Waals surface area contributed by atoms with Crippen molar-refractivity contribution in [1.82, 2.24) is 14.9 Å². The molecule has 0 aliphatic carbocycles. The molecule has 0 bridgehead atoms. The van der Waals surface area contributed by atoms with Crippen LogP contribution < -0.4 is 10.2 Å². The Kier molecular flexibility index (Phi) is 4.65. The van der Waals surface area contributed by atoms with Crippen molar-refractivity contribution in [2.75, 3.05) is 11.4 Å². The minimum atomic E-state index is -0.836. The van der Waals surface area contributed by atoms with Gasteiger partial charge < -0.3 is 19.9 Å². The largest absolute Gasteiger partial charge is 0.481 e. The van der Waals surface area contributed by atoms with E-state index in [2.05, 4.69) is 10.2 Å². The Bertz CT molecular complexity index is 788. The molecule has 0 saturated carbocycles. The van der Waals surface area contributed by atoms with Crippen LogP contribution in [-0.2, 0) is 16.6 Å². The van der Waals surface area contributed by atoms with Crippen LogP contribution in [0.3, 0.4) is 0 Å². The molecule has 1 fully saturated rings. The first kappa shape index (κ1) is 17.3. The number of benzene rings is 1. The van der Waals surface area contributed by atoms with Crippen LogP contribution in [0.25, 0.3) is 11.0 Å². The number of amides is 1. The third kappa shape index (κ3) is 3.06. The summed E-state index contributed by atoms with van der Waals surface area (Å²) < 4.78 is 2.02. The van der Waals surface area contributed by atoms with Gasteiger partial charge in [0.1, 0.15) is 0 Å². The molecule has 2 N–H and O–H groups in total. The van der Waals surface area contributed by atoms with Crippen LogP contribution in [-0.4, -0.2) is 45.2 Å². The van der Waals surface area contributed by atoms with Gasteiger partial charge in [0.25, 0.3) is 0 Å². The highest BCUT2D eigenvalue weighted by Gasteiger charge is 2.44. The molecule has 1 aromatic heterocycles. The Hall–Kier alpha value is -2.57. The standard InChI is InChI=1S/C18H24N4O3/c1-3-18(11-16(24)25)10-13(19-12-23)8-9-22(18)17-20-14-6-4-5-7-15(14)21(17)2/h4-7,12-13H,3,8-11H2,1-2H3,(H,19,23)(H,24,25). The number of carboxylic acid groups (broad SMARTS) is 1. The Morgan fingerprint density at radius 2 is 2.24 bits per heavy atom. The van der Waals surface area contributed by atoms with Crippen LogP contribution >= 0.6 is 0 Å². The molecule has 25 heavy (non-hydrogen) atoms. The van der Waals surface area contributed by atoms with Crippen LogP contribution in [0.1, 0.15) is 32.6 Å². The van der Waals surface area contributed by atoms with E-state index in [4.69, 9.17) is 4.98 Å². The maximum Gasteiger partial charge on any atom is 0.305 e. The number of hydrogen-bond acceptors (Lipinski definition) is 4. The van der Waals surface area contributed by atoms with Gasteiger partial charge in [-0.2, -0.15) is 0 Å². The Balaban J connectivity index is 2.05. The van der Waals surface area contributed by atoms with Crippen molar-refractivity contribution in [2.24, 2.45) is 7.05 Å². The molecular weight excluding hydrogens is 320 g/mol. The molecule has 0 spiro atoms. The summed E-state index contributed by atoms with van der Waals surface area (Å²) in [7, 11) is 1.96. The van der Waals surface area contributed by atoms with E-state index in [0.717, 1.165) is 23.4 Å². The van der Waals surface area contributed by atoms with Crippen molar-refractivity contribution in [3.8, 4) is 0 Å². The smallest absolute Gasteiger partial charge is 0.305 e. The molecule has 1 aliphatic heterocycles. The molecule has 2 heterocycles. The van der Waals surface area contributed by atoms with Crippen LogP contribution in [0, 0.1) is 0 Å². The number of carboxylic acids is 1. The zero-order chi connectivity index (χ0) is 18.0. The third-order valence-corrected chi connectivity index (χ3v) is 5.35. The summed E-state index contributed by atoms with van der Waals surface area (Å²) in [6.45, 7) is 2.66. The lowest BCUT2D eigenvalue weighted by Gasteiger charge is -2.49. The lowest BCUT2D eigenvalue weighted by Crippen LogP contribution is -2.59. The van der Waals surface area contributed by atoms with Crippen LogP contribution in [0.2, 0.25) is 0 Å². The molecule has 3 rings (SSSR count). The van der Waals surface area contributed by atoms with Crippen molar-refractivity contribution in [3.05, 3.63) is 24.3 Å². The fourth-order valence-electron chi connectivity index (χ4n) is 4.03. The van der Waals surface area contributed by atoms with E-state index in [1.54, 1.807) is 0 Å². The molecule has 7 heteroatoms. The van der Waals surface area contributed by atoms with Gasteiger partial charge in [-0.15, -0.1) is 0 Å². The Morgan fingerprint density at radius 3 is 2.88 bits per heavy atom. The summed E-state index contributed by atoms with van der Waals surface area (Å²) in [5, 5.41) is 12.3. The first-order valence-electron chi connectivity index (χ1n) is 8.61. The highest BCUT2D eigenvalue weighted by molar-refractivity contribution is 5.79. The number of carbonyl (C=O) groups excluding carboxylic acids is 1. The lowest BCUT2D eigenvalue weighted by atomic mass is 9.79. The first-order chi connectivity index (χ1) is 12.0. The van der Waals surface area contributed by atoms with Crippen LogP contribution in [0.5, 0.6) is 0 Å². The minimum Gasteiger partial charge on any atom is -0.481 e. The number of nitrogens with one attached hydrogen (secondary N) is 1. The Morgan fingerprint density at radius 1 is 1.48 bits per heavy atom. The number of para-hydroxylation sites is 2. The van der Waals surface area contributed by atoms with Crippen molar-refractivity contribution < 1.29 is 14.7 Å². The average Bonchev–Trinajstić information content (AvgIpc) is 2.92. The maximum absolute atomic E-state index is 11.6. The molecule has 1 saturated heterocycles. The summed E-state index contributed by atoms with van der Waals surface area (Å²) >= 11 is 0. The fourth-order valence-corrected chi connectivity index (χ4v) is 4.03. The second-order valence-corrected chi connectivity index (χ2v) is 6.73. The predicted octanol–water partition coefficient (Wildman–Crippen LogP) is 1.91. The monoisotopic (exact) mass is 344 g/mol. The topological polar surface area (TPSA) is 87.5 Å². The van der Waals surface area contributed by atoms with E-state index in [1.807, 2.05) is 42.8 Å². The van der Waals surface area contributed by atoms with Crippen LogP contribution in [0.4, 0.5) is 5.95 Å². The number of rotatable bonds is 6. The van der Waals surface area contributed by atoms with E-state index in [9.17, 15) is 14.7 Å². The third-order valence-electron chi connectivity index (χ3n) is 5.35. The number of aryl methyl sites for hydroxylation is 1. The second-order valence-electron chi connectivity index (χ2n) is 6.73. The van der Waals surface area contributed by atoms with E-state index in [0.29, 0.717) is 25.8 Å². The normalized spacial score (nSPS) is 23.6. The molecule has 7 nitrogen and oxygen atoms in total. The summed E-state index contributed by atoms with van der Waals surface area (Å²) in [5.74, 6) is -0.0498. The first-order valence-corrected chi connectivity index (χ1v) is 8.61. The van der Waals surface area contributed by atoms with Crippen LogP contribution in [0.15, 0.2) is 24.3 Å². The van der Waals surface area contributed by atoms with Crippen molar-refractivity contribution in [3.63, 3.8) is 0 Å². The number of aromatic nitrogens is 2. The van der Waals surface area contributed by atoms with Gasteiger partial charge in [0.05, 0.1) is 23.0 Å². The Labute approximate surface area is 146 Å². The van der Waals surface area contributed by atoms with Crippen molar-refractivity contribution in [1.29, 1.82) is 0 Å². The number of carbonyl (C=O) groups is 2.